The number of likely N-dealkylation sites (N-methyl/N-ethyl adjacent to an activating group) is 1. The highest BCUT2D eigenvalue weighted by atomic mass is 16.5. The van der Waals surface area contributed by atoms with E-state index in [1.54, 1.807) is 17.0 Å². The highest BCUT2D eigenvalue weighted by Gasteiger charge is 2.31. The van der Waals surface area contributed by atoms with Gasteiger partial charge in [-0.1, -0.05) is 0 Å². The molecule has 27 heavy (non-hydrogen) atoms. The Morgan fingerprint density at radius 2 is 2.04 bits per heavy atom. The van der Waals surface area contributed by atoms with Crippen LogP contribution in [0.1, 0.15) is 19.2 Å². The molecule has 3 rings (SSSR count). The molecule has 2 aromatic rings. The molecule has 2 heterocycles. The number of nitrogens with zero attached hydrogens (tertiary/aromatic N) is 2. The van der Waals surface area contributed by atoms with E-state index in [0.717, 1.165) is 0 Å². The van der Waals surface area contributed by atoms with Crippen molar-refractivity contribution in [2.24, 2.45) is 0 Å². The third-order valence-corrected chi connectivity index (χ3v) is 4.70. The summed E-state index contributed by atoms with van der Waals surface area (Å²) in [5, 5.41) is 13.0. The van der Waals surface area contributed by atoms with Gasteiger partial charge in [-0.3, -0.25) is 9.59 Å². The van der Waals surface area contributed by atoms with Gasteiger partial charge in [0.1, 0.15) is 5.82 Å². The molecule has 0 saturated carbocycles. The normalized spacial score (nSPS) is 19.3. The number of β-amino-alcohol motifs (C(OH)–C–C–N with tert-alkyl or cyclic N) is 1. The number of carbonyl (C=O) groups excluding carboxylic acids is 1. The number of amides is 1. The smallest absolute Gasteiger partial charge is 0.258 e. The van der Waals surface area contributed by atoms with Gasteiger partial charge in [-0.15, -0.1) is 0 Å². The predicted molar refractivity (Wildman–Crippen MR) is 99.0 cm³/mol. The molecular formula is C18H24N4O5. The van der Waals surface area contributed by atoms with Crippen LogP contribution in [0, 0.1) is 0 Å². The Morgan fingerprint density at radius 3 is 2.63 bits per heavy atom. The maximum Gasteiger partial charge on any atom is 0.258 e. The van der Waals surface area contributed by atoms with Crippen molar-refractivity contribution in [3.8, 4) is 11.5 Å². The van der Waals surface area contributed by atoms with Crippen LogP contribution in [0.3, 0.4) is 0 Å². The van der Waals surface area contributed by atoms with Gasteiger partial charge in [0, 0.05) is 19.2 Å². The summed E-state index contributed by atoms with van der Waals surface area (Å²) in [6.07, 6.45) is -0.132. The second-order valence-electron chi connectivity index (χ2n) is 6.44. The lowest BCUT2D eigenvalue weighted by molar-refractivity contribution is -0.133. The molecule has 0 spiro atoms. The topological polar surface area (TPSA) is 117 Å². The van der Waals surface area contributed by atoms with Gasteiger partial charge in [-0.2, -0.15) is 0 Å². The number of methoxy groups -OCH3 is 2. The van der Waals surface area contributed by atoms with Gasteiger partial charge >= 0.3 is 0 Å². The maximum absolute atomic E-state index is 12.7. The second-order valence-corrected chi connectivity index (χ2v) is 6.44. The van der Waals surface area contributed by atoms with Gasteiger partial charge in [-0.05, 0) is 19.4 Å². The molecule has 3 N–H and O–H groups in total. The van der Waals surface area contributed by atoms with Crippen LogP contribution in [0.2, 0.25) is 0 Å². The van der Waals surface area contributed by atoms with E-state index in [-0.39, 0.29) is 18.0 Å². The minimum atomic E-state index is -0.515. The molecule has 1 aliphatic rings. The van der Waals surface area contributed by atoms with E-state index in [4.69, 9.17) is 9.47 Å². The number of hydrogen-bond acceptors (Lipinski definition) is 7. The number of carbonyl (C=O) groups is 1. The van der Waals surface area contributed by atoms with Crippen molar-refractivity contribution in [1.29, 1.82) is 0 Å². The molecule has 0 aliphatic carbocycles. The zero-order valence-electron chi connectivity index (χ0n) is 15.6. The molecule has 1 fully saturated rings. The summed E-state index contributed by atoms with van der Waals surface area (Å²) in [4.78, 5) is 33.9. The quantitative estimate of drug-likeness (QED) is 0.650. The van der Waals surface area contributed by atoms with Gasteiger partial charge in [0.15, 0.2) is 11.5 Å². The number of aliphatic hydroxyl groups is 1. The van der Waals surface area contributed by atoms with Gasteiger partial charge in [0.2, 0.25) is 5.91 Å². The minimum absolute atomic E-state index is 0.121. The number of nitrogens with one attached hydrogen (secondary N) is 2. The zero-order chi connectivity index (χ0) is 19.6. The number of aromatic amines is 1. The molecule has 0 radical (unpaired) electrons. The number of hydrogen-bond donors (Lipinski definition) is 3. The van der Waals surface area contributed by atoms with E-state index in [9.17, 15) is 14.7 Å². The van der Waals surface area contributed by atoms with Crippen LogP contribution in [0.5, 0.6) is 11.5 Å². The minimum Gasteiger partial charge on any atom is -0.493 e. The molecular weight excluding hydrogens is 352 g/mol. The first-order chi connectivity index (χ1) is 13.0. The molecule has 2 atom stereocenters. The Hall–Kier alpha value is -2.65. The first-order valence-electron chi connectivity index (χ1n) is 8.82. The number of H-pyrrole nitrogens is 1. The van der Waals surface area contributed by atoms with Crippen LogP contribution in [0.15, 0.2) is 16.9 Å². The van der Waals surface area contributed by atoms with Gasteiger partial charge in [-0.25, -0.2) is 4.98 Å². The molecule has 1 aromatic heterocycles. The molecule has 0 bridgehead atoms. The summed E-state index contributed by atoms with van der Waals surface area (Å²) < 4.78 is 10.5. The molecule has 1 amide bonds. The number of fused-ring (bicyclic) bond motifs is 1. The van der Waals surface area contributed by atoms with E-state index in [0.29, 0.717) is 47.7 Å². The molecule has 1 aromatic carbocycles. The Balaban J connectivity index is 1.89. The Kier molecular flexibility index (Phi) is 5.62. The fraction of sp³-hybridized carbons (Fsp3) is 0.500. The van der Waals surface area contributed by atoms with Crippen molar-refractivity contribution in [3.63, 3.8) is 0 Å². The number of rotatable bonds is 6. The number of benzene rings is 1. The first-order valence-corrected chi connectivity index (χ1v) is 8.82. The van der Waals surface area contributed by atoms with Crippen LogP contribution in [-0.4, -0.2) is 65.3 Å². The lowest BCUT2D eigenvalue weighted by atomic mass is 10.1. The predicted octanol–water partition coefficient (Wildman–Crippen LogP) is 0.0116. The van der Waals surface area contributed by atoms with Crippen LogP contribution < -0.4 is 20.3 Å². The van der Waals surface area contributed by atoms with E-state index in [1.165, 1.54) is 14.2 Å². The lowest BCUT2D eigenvalue weighted by Gasteiger charge is -2.23. The van der Waals surface area contributed by atoms with Crippen molar-refractivity contribution in [2.45, 2.75) is 32.0 Å². The number of aliphatic hydroxyl groups excluding tert-OH is 1. The van der Waals surface area contributed by atoms with E-state index >= 15 is 0 Å². The average Bonchev–Trinajstić information content (AvgIpc) is 3.10. The third-order valence-electron chi connectivity index (χ3n) is 4.70. The number of aromatic nitrogens is 2. The zero-order valence-corrected chi connectivity index (χ0v) is 15.6. The highest BCUT2D eigenvalue weighted by Crippen LogP contribution is 2.30. The van der Waals surface area contributed by atoms with Crippen LogP contribution in [-0.2, 0) is 11.3 Å². The van der Waals surface area contributed by atoms with Crippen molar-refractivity contribution >= 4 is 16.8 Å². The fourth-order valence-corrected chi connectivity index (χ4v) is 3.24. The van der Waals surface area contributed by atoms with E-state index < -0.39 is 12.1 Å². The van der Waals surface area contributed by atoms with E-state index in [2.05, 4.69) is 15.3 Å². The van der Waals surface area contributed by atoms with Crippen LogP contribution in [0.25, 0.3) is 10.9 Å². The molecule has 9 nitrogen and oxygen atoms in total. The summed E-state index contributed by atoms with van der Waals surface area (Å²) in [6, 6.07) is 2.80. The summed E-state index contributed by atoms with van der Waals surface area (Å²) >= 11 is 0. The summed E-state index contributed by atoms with van der Waals surface area (Å²) in [5.41, 5.74) is 0.151. The summed E-state index contributed by atoms with van der Waals surface area (Å²) in [6.45, 7) is 2.89. The SMILES string of the molecule is CCN(Cc1nc2cc(OC)c(OC)cc2c(=O)[nH]1)C(=O)C1CC(O)CN1. The lowest BCUT2D eigenvalue weighted by Crippen LogP contribution is -2.43. The van der Waals surface area contributed by atoms with Crippen LogP contribution >= 0.6 is 0 Å². The van der Waals surface area contributed by atoms with Crippen molar-refractivity contribution < 1.29 is 19.4 Å². The average molecular weight is 376 g/mol. The monoisotopic (exact) mass is 376 g/mol. The largest absolute Gasteiger partial charge is 0.493 e. The fourth-order valence-electron chi connectivity index (χ4n) is 3.24. The molecule has 1 saturated heterocycles. The van der Waals surface area contributed by atoms with Gasteiger partial charge < -0.3 is 29.8 Å². The molecule has 2 unspecified atom stereocenters. The second kappa shape index (κ2) is 7.93. The van der Waals surface area contributed by atoms with Crippen LogP contribution in [0.4, 0.5) is 0 Å². The maximum atomic E-state index is 12.7. The van der Waals surface area contributed by atoms with Crippen molar-refractivity contribution in [3.05, 3.63) is 28.3 Å². The Bertz CT molecular complexity index is 897. The molecule has 146 valence electrons. The summed E-state index contributed by atoms with van der Waals surface area (Å²) in [7, 11) is 3.01. The summed E-state index contributed by atoms with van der Waals surface area (Å²) in [5.74, 6) is 1.18. The van der Waals surface area contributed by atoms with E-state index in [1.807, 2.05) is 6.92 Å². The molecule has 1 aliphatic heterocycles. The molecule has 9 heteroatoms. The van der Waals surface area contributed by atoms with Gasteiger partial charge in [0.05, 0.1) is 43.8 Å². The van der Waals surface area contributed by atoms with Gasteiger partial charge in [0.25, 0.3) is 5.56 Å². The highest BCUT2D eigenvalue weighted by molar-refractivity contribution is 5.83. The Morgan fingerprint density at radius 1 is 1.33 bits per heavy atom. The van der Waals surface area contributed by atoms with Crippen molar-refractivity contribution in [1.82, 2.24) is 20.2 Å². The first kappa shape index (κ1) is 19.1. The standard InChI is InChI=1S/C18H24N4O5/c1-4-22(18(25)13-5-10(23)8-19-13)9-16-20-12-7-15(27-3)14(26-2)6-11(12)17(24)21-16/h6-7,10,13,19,23H,4-5,8-9H2,1-3H3,(H,20,21,24). The Labute approximate surface area is 156 Å². The van der Waals surface area contributed by atoms with Crippen molar-refractivity contribution in [2.75, 3.05) is 27.3 Å². The third kappa shape index (κ3) is 3.88. The number of ether oxygens (including phenoxy) is 2.